The van der Waals surface area contributed by atoms with Gasteiger partial charge in [-0.2, -0.15) is 0 Å². The van der Waals surface area contributed by atoms with Gasteiger partial charge in [0, 0.05) is 5.56 Å². The largest absolute Gasteiger partial charge is 0.466 e. The minimum atomic E-state index is -0.0442. The van der Waals surface area contributed by atoms with Crippen molar-refractivity contribution in [3.05, 3.63) is 35.4 Å². The lowest BCUT2D eigenvalue weighted by Crippen LogP contribution is -2.23. The van der Waals surface area contributed by atoms with Gasteiger partial charge in [-0.25, -0.2) is 0 Å². The summed E-state index contributed by atoms with van der Waals surface area (Å²) >= 11 is 0. The second kappa shape index (κ2) is 6.50. The zero-order chi connectivity index (χ0) is 13.7. The van der Waals surface area contributed by atoms with Crippen LogP contribution in [-0.2, 0) is 9.53 Å². The lowest BCUT2D eigenvalue weighted by molar-refractivity contribution is -0.149. The van der Waals surface area contributed by atoms with Gasteiger partial charge in [0.15, 0.2) is 0 Å². The zero-order valence-electron chi connectivity index (χ0n) is 11.3. The van der Waals surface area contributed by atoms with Gasteiger partial charge in [0.25, 0.3) is 0 Å². The fourth-order valence-corrected chi connectivity index (χ4v) is 2.77. The number of rotatable bonds is 4. The summed E-state index contributed by atoms with van der Waals surface area (Å²) in [6.45, 7) is 2.31. The monoisotopic (exact) mass is 260 g/mol. The first-order chi connectivity index (χ1) is 9.24. The van der Waals surface area contributed by atoms with Gasteiger partial charge < -0.3 is 4.74 Å². The first-order valence-corrected chi connectivity index (χ1v) is 6.96. The number of esters is 1. The van der Waals surface area contributed by atoms with Crippen molar-refractivity contribution in [2.45, 2.75) is 38.5 Å². The highest BCUT2D eigenvalue weighted by Crippen LogP contribution is 2.36. The van der Waals surface area contributed by atoms with E-state index in [1.54, 1.807) is 0 Å². The SMILES string of the molecule is CCOC(=O)[C@H]1CC[C@H](c2ccc(C=O)cc2)CC1. The van der Waals surface area contributed by atoms with E-state index in [-0.39, 0.29) is 11.9 Å². The van der Waals surface area contributed by atoms with Crippen LogP contribution in [0.3, 0.4) is 0 Å². The van der Waals surface area contributed by atoms with Crippen LogP contribution in [0.15, 0.2) is 24.3 Å². The minimum Gasteiger partial charge on any atom is -0.466 e. The van der Waals surface area contributed by atoms with Gasteiger partial charge in [0.1, 0.15) is 6.29 Å². The van der Waals surface area contributed by atoms with Crippen molar-refractivity contribution in [1.82, 2.24) is 0 Å². The Bertz CT molecular complexity index is 428. The van der Waals surface area contributed by atoms with Crippen LogP contribution in [0.1, 0.15) is 54.4 Å². The van der Waals surface area contributed by atoms with Crippen molar-refractivity contribution in [2.75, 3.05) is 6.61 Å². The molecule has 1 aliphatic carbocycles. The van der Waals surface area contributed by atoms with Crippen molar-refractivity contribution < 1.29 is 14.3 Å². The molecule has 1 aliphatic rings. The molecule has 3 nitrogen and oxygen atoms in total. The Morgan fingerprint density at radius 1 is 1.21 bits per heavy atom. The van der Waals surface area contributed by atoms with Crippen LogP contribution in [0.2, 0.25) is 0 Å². The van der Waals surface area contributed by atoms with E-state index in [0.29, 0.717) is 18.1 Å². The molecular formula is C16H20O3. The molecule has 1 aromatic rings. The van der Waals surface area contributed by atoms with Crippen LogP contribution < -0.4 is 0 Å². The maximum absolute atomic E-state index is 11.7. The fraction of sp³-hybridized carbons (Fsp3) is 0.500. The smallest absolute Gasteiger partial charge is 0.308 e. The van der Waals surface area contributed by atoms with Gasteiger partial charge in [0.05, 0.1) is 12.5 Å². The average molecular weight is 260 g/mol. The van der Waals surface area contributed by atoms with Crippen LogP contribution in [-0.4, -0.2) is 18.9 Å². The summed E-state index contributed by atoms with van der Waals surface area (Å²) in [5.74, 6) is 0.536. The summed E-state index contributed by atoms with van der Waals surface area (Å²) in [6, 6.07) is 7.78. The molecule has 0 aromatic heterocycles. The number of ether oxygens (including phenoxy) is 1. The van der Waals surface area contributed by atoms with Gasteiger partial charge in [0.2, 0.25) is 0 Å². The molecule has 0 unspecified atom stereocenters. The Balaban J connectivity index is 1.91. The molecule has 0 N–H and O–H groups in total. The summed E-state index contributed by atoms with van der Waals surface area (Å²) in [4.78, 5) is 22.3. The van der Waals surface area contributed by atoms with Gasteiger partial charge in [-0.15, -0.1) is 0 Å². The van der Waals surface area contributed by atoms with E-state index in [1.165, 1.54) is 5.56 Å². The number of hydrogen-bond acceptors (Lipinski definition) is 3. The van der Waals surface area contributed by atoms with Crippen LogP contribution in [0.4, 0.5) is 0 Å². The highest BCUT2D eigenvalue weighted by atomic mass is 16.5. The fourth-order valence-electron chi connectivity index (χ4n) is 2.77. The van der Waals surface area contributed by atoms with E-state index in [0.717, 1.165) is 32.0 Å². The first-order valence-electron chi connectivity index (χ1n) is 6.96. The molecule has 1 fully saturated rings. The highest BCUT2D eigenvalue weighted by molar-refractivity contribution is 5.74. The quantitative estimate of drug-likeness (QED) is 0.616. The zero-order valence-corrected chi connectivity index (χ0v) is 11.3. The van der Waals surface area contributed by atoms with Gasteiger partial charge >= 0.3 is 5.97 Å². The standard InChI is InChI=1S/C16H20O3/c1-2-19-16(18)15-9-7-14(8-10-15)13-5-3-12(11-17)4-6-13/h3-6,11,14-15H,2,7-10H2,1H3/t14-,15-. The Labute approximate surface area is 114 Å². The molecule has 1 aromatic carbocycles. The lowest BCUT2D eigenvalue weighted by Gasteiger charge is -2.27. The van der Waals surface area contributed by atoms with Crippen molar-refractivity contribution in [3.8, 4) is 0 Å². The Morgan fingerprint density at radius 3 is 2.37 bits per heavy atom. The summed E-state index contributed by atoms with van der Waals surface area (Å²) in [7, 11) is 0. The van der Waals surface area contributed by atoms with Crippen LogP contribution >= 0.6 is 0 Å². The lowest BCUT2D eigenvalue weighted by atomic mass is 9.78. The highest BCUT2D eigenvalue weighted by Gasteiger charge is 2.27. The normalized spacial score (nSPS) is 22.8. The third-order valence-electron chi connectivity index (χ3n) is 3.89. The van der Waals surface area contributed by atoms with Crippen molar-refractivity contribution in [1.29, 1.82) is 0 Å². The molecule has 0 radical (unpaired) electrons. The first kappa shape index (κ1) is 13.8. The summed E-state index contributed by atoms with van der Waals surface area (Å²) in [5.41, 5.74) is 1.98. The van der Waals surface area contributed by atoms with Gasteiger partial charge in [-0.3, -0.25) is 9.59 Å². The minimum absolute atomic E-state index is 0.0442. The molecule has 2 rings (SSSR count). The third-order valence-corrected chi connectivity index (χ3v) is 3.89. The number of carbonyl (C=O) groups is 2. The van der Waals surface area contributed by atoms with E-state index in [4.69, 9.17) is 4.74 Å². The molecule has 0 atom stereocenters. The van der Waals surface area contributed by atoms with Gasteiger partial charge in [-0.1, -0.05) is 24.3 Å². The van der Waals surface area contributed by atoms with Gasteiger partial charge in [-0.05, 0) is 44.1 Å². The Morgan fingerprint density at radius 2 is 1.84 bits per heavy atom. The van der Waals surface area contributed by atoms with Crippen LogP contribution in [0, 0.1) is 5.92 Å². The second-order valence-electron chi connectivity index (χ2n) is 5.09. The maximum atomic E-state index is 11.7. The molecule has 102 valence electrons. The topological polar surface area (TPSA) is 43.4 Å². The molecule has 0 saturated heterocycles. The summed E-state index contributed by atoms with van der Waals surface area (Å²) in [5, 5.41) is 0. The van der Waals surface area contributed by atoms with Crippen LogP contribution in [0.25, 0.3) is 0 Å². The Hall–Kier alpha value is -1.64. The summed E-state index contributed by atoms with van der Waals surface area (Å²) in [6.07, 6.45) is 4.70. The Kier molecular flexibility index (Phi) is 4.72. The molecule has 0 amide bonds. The number of carbonyl (C=O) groups excluding carboxylic acids is 2. The molecule has 1 saturated carbocycles. The molecule has 0 bridgehead atoms. The predicted octanol–water partition coefficient (Wildman–Crippen LogP) is 3.34. The van der Waals surface area contributed by atoms with E-state index in [2.05, 4.69) is 0 Å². The maximum Gasteiger partial charge on any atom is 0.308 e. The predicted molar refractivity (Wildman–Crippen MR) is 73.2 cm³/mol. The van der Waals surface area contributed by atoms with Crippen molar-refractivity contribution in [3.63, 3.8) is 0 Å². The number of benzene rings is 1. The number of aldehydes is 1. The average Bonchev–Trinajstić information content (AvgIpc) is 2.48. The second-order valence-corrected chi connectivity index (χ2v) is 5.09. The molecular weight excluding hydrogens is 240 g/mol. The summed E-state index contributed by atoms with van der Waals surface area (Å²) < 4.78 is 5.07. The van der Waals surface area contributed by atoms with Crippen molar-refractivity contribution >= 4 is 12.3 Å². The van der Waals surface area contributed by atoms with E-state index in [1.807, 2.05) is 31.2 Å². The van der Waals surface area contributed by atoms with E-state index >= 15 is 0 Å². The molecule has 3 heteroatoms. The molecule has 0 spiro atoms. The molecule has 19 heavy (non-hydrogen) atoms. The third kappa shape index (κ3) is 3.43. The van der Waals surface area contributed by atoms with Crippen LogP contribution in [0.5, 0.6) is 0 Å². The molecule has 0 heterocycles. The van der Waals surface area contributed by atoms with E-state index < -0.39 is 0 Å². The van der Waals surface area contributed by atoms with E-state index in [9.17, 15) is 9.59 Å². The molecule has 0 aliphatic heterocycles. The van der Waals surface area contributed by atoms with Crippen molar-refractivity contribution in [2.24, 2.45) is 5.92 Å². The number of hydrogen-bond donors (Lipinski definition) is 0.